The first-order valence-corrected chi connectivity index (χ1v) is 42.3. The molecule has 8 fully saturated rings. The summed E-state index contributed by atoms with van der Waals surface area (Å²) in [5.74, 6) is -5.50. The molecule has 0 amide bonds. The molecule has 144 heavy (non-hydrogen) atoms. The Morgan fingerprint density at radius 3 is 0.312 bits per heavy atom. The number of rotatable bonds is 16. The van der Waals surface area contributed by atoms with Crippen molar-refractivity contribution in [3.8, 4) is 0 Å². The van der Waals surface area contributed by atoms with Crippen molar-refractivity contribution >= 4 is 138 Å². The van der Waals surface area contributed by atoms with Crippen molar-refractivity contribution in [3.63, 3.8) is 0 Å². The van der Waals surface area contributed by atoms with Crippen molar-refractivity contribution in [2.45, 2.75) is 154 Å². The third-order valence-corrected chi connectivity index (χ3v) is 22.3. The van der Waals surface area contributed by atoms with Crippen molar-refractivity contribution in [1.29, 1.82) is 0 Å². The van der Waals surface area contributed by atoms with E-state index < -0.39 is 85.5 Å². The number of allylic oxidation sites excluding steroid dienone is 8. The predicted molar refractivity (Wildman–Crippen MR) is 479 cm³/mol. The fraction of sp³-hybridized carbons (Fsp3) is 0.250. The minimum atomic E-state index is -0.604. The second kappa shape index (κ2) is 62.2. The molecular formula is C96H84Er4N8O36. The van der Waals surface area contributed by atoms with Crippen molar-refractivity contribution in [2.75, 3.05) is 0 Å². The van der Waals surface area contributed by atoms with E-state index in [0.29, 0.717) is 154 Å². The van der Waals surface area contributed by atoms with E-state index >= 15 is 0 Å². The molecule has 4 radical (unpaired) electrons. The summed E-state index contributed by atoms with van der Waals surface area (Å²) >= 11 is 0. The van der Waals surface area contributed by atoms with Crippen LogP contribution in [0.4, 0.5) is 45.5 Å². The second-order valence-electron chi connectivity index (χ2n) is 30.9. The molecule has 772 valence electrons. The topological polar surface area (TPSA) is 786 Å². The van der Waals surface area contributed by atoms with Gasteiger partial charge in [0, 0.05) is 144 Å². The number of benzene rings is 8. The average molecular weight is 2590 g/mol. The van der Waals surface area contributed by atoms with Gasteiger partial charge < -0.3 is 62.8 Å². The number of nitro groups is 8. The Balaban J connectivity index is 0.000000816. The van der Waals surface area contributed by atoms with Gasteiger partial charge in [0.05, 0.1) is 39.4 Å². The van der Waals surface area contributed by atoms with Crippen LogP contribution < -0.4 is 40.9 Å². The molecule has 16 rings (SSSR count). The normalized spacial score (nSPS) is 17.2. The van der Waals surface area contributed by atoms with Crippen LogP contribution >= 0.6 is 0 Å². The summed E-state index contributed by atoms with van der Waals surface area (Å²) < 4.78 is 0. The molecule has 0 aliphatic heterocycles. The van der Waals surface area contributed by atoms with E-state index in [-0.39, 0.29) is 352 Å². The molecule has 8 aromatic rings. The van der Waals surface area contributed by atoms with Crippen molar-refractivity contribution in [1.82, 2.24) is 0 Å². The SMILES string of the molecule is O=C1CCC/C1=C(/[O-])c1ccccc1[N+](=O)[O-].O=C1CCC/C1=C(/[O-])c1ccccc1[N+](=O)[O-].O=C1CCC/C1=C(/[O-])c1ccccc1[N+](=O)[O-].O=C1CCC/C1=C(/[O-])c1ccccc1[N+](=O)[O-].O=C1CCC/C1=C(/[O-])c1ccccc1[N+](=O)[O-].O=C1CCC/C1=C(/[O-])c1ccccc1[N+](=O)[O-].O=C1CCC/C1=C(/[O-])c1ccccc1[N+](=O)[O-].O=C1CCC/C1=C(/[O-])c1ccccc1[N+](=O)[O-].[Er+3].[Er+3].[Er+3].[Er+3].[OH-].[OH-].[OH-].[OH-]. The molecule has 8 aliphatic carbocycles. The number of carbonyl (C=O) groups excluding carboxylic acids is 8. The fourth-order valence-electron chi connectivity index (χ4n) is 15.5. The van der Waals surface area contributed by atoms with Crippen molar-refractivity contribution in [2.24, 2.45) is 0 Å². The maximum absolute atomic E-state index is 12.0. The Morgan fingerprint density at radius 1 is 0.160 bits per heavy atom. The quantitative estimate of drug-likeness (QED) is 0.0375. The van der Waals surface area contributed by atoms with Gasteiger partial charge in [0.1, 0.15) is 0 Å². The molecule has 0 aromatic heterocycles. The van der Waals surface area contributed by atoms with Crippen LogP contribution in [0.1, 0.15) is 199 Å². The number of ketones is 8. The van der Waals surface area contributed by atoms with Gasteiger partial charge in [-0.2, -0.15) is 0 Å². The first-order valence-electron chi connectivity index (χ1n) is 42.3. The van der Waals surface area contributed by atoms with E-state index in [0.717, 1.165) is 0 Å². The second-order valence-corrected chi connectivity index (χ2v) is 30.9. The van der Waals surface area contributed by atoms with Gasteiger partial charge in [0.25, 0.3) is 45.5 Å². The van der Waals surface area contributed by atoms with E-state index in [1.54, 1.807) is 48.5 Å². The van der Waals surface area contributed by atoms with Crippen LogP contribution in [0.15, 0.2) is 239 Å². The zero-order chi connectivity index (χ0) is 99.3. The largest absolute Gasteiger partial charge is 3.00 e. The van der Waals surface area contributed by atoms with Crippen LogP contribution in [0.25, 0.3) is 46.1 Å². The molecule has 44 nitrogen and oxygen atoms in total. The average Bonchev–Trinajstić information content (AvgIpc) is 1.60. The third kappa shape index (κ3) is 33.8. The molecule has 8 saturated carbocycles. The Kier molecular flexibility index (Phi) is 55.9. The Bertz CT molecular complexity index is 5330. The molecule has 4 N–H and O–H groups in total. The molecule has 0 bridgehead atoms. The smallest absolute Gasteiger partial charge is 0.872 e. The first kappa shape index (κ1) is 129. The number of carbonyl (C=O) groups is 8. The van der Waals surface area contributed by atoms with Crippen LogP contribution in [0.5, 0.6) is 0 Å². The fourth-order valence-corrected chi connectivity index (χ4v) is 15.5. The number of hydrogen-bond donors (Lipinski definition) is 0. The predicted octanol–water partition coefficient (Wildman–Crippen LogP) is 10.6. The van der Waals surface area contributed by atoms with Gasteiger partial charge >= 0.3 is 149 Å². The summed E-state index contributed by atoms with van der Waals surface area (Å²) in [6, 6.07) is 45.7. The molecule has 48 heteroatoms. The van der Waals surface area contributed by atoms with Gasteiger partial charge in [-0.1, -0.05) is 143 Å². The summed E-state index contributed by atoms with van der Waals surface area (Å²) in [4.78, 5) is 173. The number of para-hydroxylation sites is 8. The molecule has 0 saturated heterocycles. The Morgan fingerprint density at radius 2 is 0.243 bits per heavy atom. The van der Waals surface area contributed by atoms with Gasteiger partial charge in [-0.15, -0.1) is 0 Å². The minimum absolute atomic E-state index is 0. The van der Waals surface area contributed by atoms with Crippen molar-refractivity contribution in [3.05, 3.63) is 364 Å². The maximum atomic E-state index is 12.0. The molecule has 0 heterocycles. The number of nitro benzene ring substituents is 8. The zero-order valence-electron chi connectivity index (χ0n) is 75.0. The Hall–Kier alpha value is -12.5. The third-order valence-electron chi connectivity index (χ3n) is 22.3. The summed E-state index contributed by atoms with van der Waals surface area (Å²) in [6.45, 7) is 0. The monoisotopic (exact) mass is 2590 g/mol. The first-order chi connectivity index (χ1) is 64.9. The van der Waals surface area contributed by atoms with Crippen LogP contribution in [-0.2, 0) is 38.4 Å². The minimum Gasteiger partial charge on any atom is -0.872 e. The van der Waals surface area contributed by atoms with Crippen LogP contribution in [0.3, 0.4) is 0 Å². The van der Waals surface area contributed by atoms with Gasteiger partial charge in [0.15, 0.2) is 46.3 Å². The van der Waals surface area contributed by atoms with Crippen LogP contribution in [-0.4, -0.2) is 108 Å². The van der Waals surface area contributed by atoms with Crippen LogP contribution in [0, 0.1) is 230 Å². The molecular weight excluding hydrogens is 2510 g/mol. The molecule has 8 aliphatic rings. The number of Topliss-reactive ketones (excluding diaryl/α,β-unsaturated/α-hetero) is 8. The van der Waals surface area contributed by atoms with Gasteiger partial charge in [-0.25, -0.2) is 0 Å². The van der Waals surface area contributed by atoms with E-state index in [2.05, 4.69) is 0 Å². The van der Waals surface area contributed by atoms with E-state index in [9.17, 15) is 160 Å². The van der Waals surface area contributed by atoms with Crippen molar-refractivity contribution < 1.29 is 290 Å². The van der Waals surface area contributed by atoms with Gasteiger partial charge in [-0.05, 0) is 196 Å². The standard InChI is InChI=1S/8C12H11NO4.4Er.4H2O/c8*14-11-7-3-5-9(11)12(15)8-4-1-2-6-10(8)13(16)17;;;;;;;;/h8*1-2,4,6,15H,3,5,7H2;;;;;4*1H2/q;;;;;;;;4*+3;;;;/p-12/b8*12-9-;;;;;;;;. The molecule has 0 atom stereocenters. The number of hydrogen-bond acceptors (Lipinski definition) is 36. The molecule has 0 unspecified atom stereocenters. The summed E-state index contributed by atoms with van der Waals surface area (Å²) in [6.07, 6.45) is 11.5. The maximum Gasteiger partial charge on any atom is 3.00 e. The van der Waals surface area contributed by atoms with Crippen LogP contribution in [0.2, 0.25) is 0 Å². The summed E-state index contributed by atoms with van der Waals surface area (Å²) in [5, 5.41) is 182. The van der Waals surface area contributed by atoms with Gasteiger partial charge in [-0.3, -0.25) is 119 Å². The summed E-state index contributed by atoms with van der Waals surface area (Å²) in [5.41, 5.74) is -0.394. The van der Waals surface area contributed by atoms with Gasteiger partial charge in [0.2, 0.25) is 0 Å². The Labute approximate surface area is 935 Å². The van der Waals surface area contributed by atoms with E-state index in [1.807, 2.05) is 0 Å². The van der Waals surface area contributed by atoms with E-state index in [4.69, 9.17) is 0 Å². The summed E-state index contributed by atoms with van der Waals surface area (Å²) in [7, 11) is 0. The van der Waals surface area contributed by atoms with E-state index in [1.165, 1.54) is 146 Å². The molecule has 0 spiro atoms. The zero-order valence-corrected chi connectivity index (χ0v) is 82.4. The number of nitrogens with zero attached hydrogens (tertiary/aromatic N) is 8. The molecule has 8 aromatic carbocycles.